The molecule has 1 aliphatic rings. The lowest BCUT2D eigenvalue weighted by molar-refractivity contribution is 0.237. The number of rotatable bonds is 5. The zero-order valence-electron chi connectivity index (χ0n) is 14.7. The van der Waals surface area contributed by atoms with Crippen LogP contribution in [0.15, 0.2) is 24.3 Å². The number of benzene rings is 1. The number of nitrogen functional groups attached to an aromatic ring is 1. The lowest BCUT2D eigenvalue weighted by Gasteiger charge is -2.26. The van der Waals surface area contributed by atoms with Crippen LogP contribution in [0.5, 0.6) is 0 Å². The molecule has 128 valence electrons. The van der Waals surface area contributed by atoms with Crippen molar-refractivity contribution in [1.82, 2.24) is 14.9 Å². The highest BCUT2D eigenvalue weighted by atomic mass is 15.2. The molecule has 0 radical (unpaired) electrons. The van der Waals surface area contributed by atoms with E-state index in [0.717, 1.165) is 30.2 Å². The van der Waals surface area contributed by atoms with E-state index in [1.165, 1.54) is 43.5 Å². The summed E-state index contributed by atoms with van der Waals surface area (Å²) in [4.78, 5) is 11.3. The Hall–Kier alpha value is -2.14. The van der Waals surface area contributed by atoms with E-state index in [-0.39, 0.29) is 0 Å². The highest BCUT2D eigenvalue weighted by Crippen LogP contribution is 2.26. The number of piperidine rings is 1. The third-order valence-electron chi connectivity index (χ3n) is 4.81. The van der Waals surface area contributed by atoms with Crippen molar-refractivity contribution in [3.05, 3.63) is 35.4 Å². The molecule has 1 aliphatic heterocycles. The number of hydrogen-bond acceptors (Lipinski definition) is 5. The highest BCUT2D eigenvalue weighted by Gasteiger charge is 2.11. The van der Waals surface area contributed by atoms with Gasteiger partial charge < -0.3 is 16.0 Å². The Balaban J connectivity index is 1.70. The lowest BCUT2D eigenvalue weighted by Crippen LogP contribution is -2.33. The van der Waals surface area contributed by atoms with Crippen LogP contribution in [0, 0.1) is 13.8 Å². The predicted molar refractivity (Wildman–Crippen MR) is 100 cm³/mol. The van der Waals surface area contributed by atoms with Crippen molar-refractivity contribution in [3.8, 4) is 11.3 Å². The Labute approximate surface area is 144 Å². The zero-order chi connectivity index (χ0) is 16.9. The summed E-state index contributed by atoms with van der Waals surface area (Å²) >= 11 is 0. The number of nitrogens with zero attached hydrogens (tertiary/aromatic N) is 3. The number of aryl methyl sites for hydroxylation is 1. The number of nitrogens with two attached hydrogens (primary N) is 1. The fourth-order valence-electron chi connectivity index (χ4n) is 3.25. The lowest BCUT2D eigenvalue weighted by atomic mass is 10.0. The number of aromatic nitrogens is 2. The Morgan fingerprint density at radius 3 is 2.71 bits per heavy atom. The molecule has 0 unspecified atom stereocenters. The molecule has 3 N–H and O–H groups in total. The van der Waals surface area contributed by atoms with Crippen molar-refractivity contribution in [1.29, 1.82) is 0 Å². The van der Waals surface area contributed by atoms with E-state index in [1.807, 2.05) is 6.07 Å². The summed E-state index contributed by atoms with van der Waals surface area (Å²) in [6.07, 6.45) is 4.00. The van der Waals surface area contributed by atoms with E-state index >= 15 is 0 Å². The van der Waals surface area contributed by atoms with Crippen LogP contribution in [0.2, 0.25) is 0 Å². The van der Waals surface area contributed by atoms with Crippen molar-refractivity contribution < 1.29 is 0 Å². The highest BCUT2D eigenvalue weighted by molar-refractivity contribution is 5.68. The first-order valence-electron chi connectivity index (χ1n) is 8.81. The smallest absolute Gasteiger partial charge is 0.222 e. The van der Waals surface area contributed by atoms with Crippen LogP contribution >= 0.6 is 0 Å². The Bertz CT molecular complexity index is 692. The first-order valence-corrected chi connectivity index (χ1v) is 8.81. The zero-order valence-corrected chi connectivity index (χ0v) is 14.7. The molecule has 2 heterocycles. The largest absolute Gasteiger partial charge is 0.369 e. The van der Waals surface area contributed by atoms with Crippen LogP contribution in [-0.2, 0) is 0 Å². The summed E-state index contributed by atoms with van der Waals surface area (Å²) in [5, 5.41) is 3.40. The molecule has 1 aromatic heterocycles. The van der Waals surface area contributed by atoms with Gasteiger partial charge in [0.15, 0.2) is 0 Å². The molecule has 3 rings (SSSR count). The molecule has 0 bridgehead atoms. The van der Waals surface area contributed by atoms with E-state index in [0.29, 0.717) is 5.95 Å². The van der Waals surface area contributed by atoms with Gasteiger partial charge in [-0.15, -0.1) is 0 Å². The van der Waals surface area contributed by atoms with Gasteiger partial charge in [0.25, 0.3) is 0 Å². The Morgan fingerprint density at radius 2 is 1.92 bits per heavy atom. The van der Waals surface area contributed by atoms with Gasteiger partial charge in [-0.2, -0.15) is 4.98 Å². The van der Waals surface area contributed by atoms with Crippen LogP contribution in [0.25, 0.3) is 11.3 Å². The molecular weight excluding hydrogens is 298 g/mol. The van der Waals surface area contributed by atoms with Gasteiger partial charge in [0.1, 0.15) is 5.82 Å². The van der Waals surface area contributed by atoms with Crippen molar-refractivity contribution >= 4 is 11.8 Å². The third-order valence-corrected chi connectivity index (χ3v) is 4.81. The second-order valence-corrected chi connectivity index (χ2v) is 6.57. The molecular formula is C19H27N5. The van der Waals surface area contributed by atoms with Crippen LogP contribution in [0.3, 0.4) is 0 Å². The van der Waals surface area contributed by atoms with Crippen LogP contribution in [0.4, 0.5) is 11.8 Å². The van der Waals surface area contributed by atoms with E-state index < -0.39 is 0 Å². The number of anilines is 2. The third kappa shape index (κ3) is 4.03. The average Bonchev–Trinajstić information content (AvgIpc) is 2.58. The van der Waals surface area contributed by atoms with Gasteiger partial charge in [0.05, 0.1) is 5.69 Å². The Kier molecular flexibility index (Phi) is 5.30. The fraction of sp³-hybridized carbons (Fsp3) is 0.474. The first kappa shape index (κ1) is 16.7. The molecule has 1 fully saturated rings. The minimum atomic E-state index is 0.314. The summed E-state index contributed by atoms with van der Waals surface area (Å²) in [5.41, 5.74) is 10.4. The standard InChI is InChI=1S/C19H27N5/c1-14-7-6-8-16(15(14)2)17-13-18(23-19(20)22-17)21-9-12-24-10-4-3-5-11-24/h6-8,13H,3-5,9-12H2,1-2H3,(H3,20,21,22,23). The SMILES string of the molecule is Cc1cccc(-c2cc(NCCN3CCCCC3)nc(N)n2)c1C. The van der Waals surface area contributed by atoms with Crippen molar-refractivity contribution in [2.24, 2.45) is 0 Å². The molecule has 0 amide bonds. The predicted octanol–water partition coefficient (Wildman–Crippen LogP) is 3.24. The molecule has 1 saturated heterocycles. The summed E-state index contributed by atoms with van der Waals surface area (Å²) in [6, 6.07) is 8.25. The quantitative estimate of drug-likeness (QED) is 0.883. The summed E-state index contributed by atoms with van der Waals surface area (Å²) in [7, 11) is 0. The molecule has 5 heteroatoms. The van der Waals surface area contributed by atoms with Gasteiger partial charge in [0.2, 0.25) is 5.95 Å². The molecule has 5 nitrogen and oxygen atoms in total. The van der Waals surface area contributed by atoms with Crippen LogP contribution in [0.1, 0.15) is 30.4 Å². The van der Waals surface area contributed by atoms with Crippen LogP contribution in [-0.4, -0.2) is 41.0 Å². The van der Waals surface area contributed by atoms with Gasteiger partial charge in [-0.25, -0.2) is 4.98 Å². The molecule has 24 heavy (non-hydrogen) atoms. The van der Waals surface area contributed by atoms with Crippen molar-refractivity contribution in [2.45, 2.75) is 33.1 Å². The van der Waals surface area contributed by atoms with Gasteiger partial charge in [-0.3, -0.25) is 0 Å². The normalized spacial score (nSPS) is 15.4. The number of hydrogen-bond donors (Lipinski definition) is 2. The maximum atomic E-state index is 5.93. The van der Waals surface area contributed by atoms with E-state index in [4.69, 9.17) is 5.73 Å². The minimum Gasteiger partial charge on any atom is -0.369 e. The second kappa shape index (κ2) is 7.62. The monoisotopic (exact) mass is 325 g/mol. The van der Waals surface area contributed by atoms with Gasteiger partial charge in [-0.1, -0.05) is 24.6 Å². The second-order valence-electron chi connectivity index (χ2n) is 6.57. The molecule has 0 atom stereocenters. The molecule has 0 spiro atoms. The molecule has 0 saturated carbocycles. The maximum Gasteiger partial charge on any atom is 0.222 e. The average molecular weight is 325 g/mol. The topological polar surface area (TPSA) is 67.1 Å². The minimum absolute atomic E-state index is 0.314. The molecule has 2 aromatic rings. The van der Waals surface area contributed by atoms with Crippen molar-refractivity contribution in [3.63, 3.8) is 0 Å². The van der Waals surface area contributed by atoms with Gasteiger partial charge in [0, 0.05) is 24.7 Å². The van der Waals surface area contributed by atoms with E-state index in [1.54, 1.807) is 0 Å². The summed E-state index contributed by atoms with van der Waals surface area (Å²) in [5.74, 6) is 1.12. The number of nitrogens with one attached hydrogen (secondary N) is 1. The van der Waals surface area contributed by atoms with E-state index in [9.17, 15) is 0 Å². The molecule has 0 aliphatic carbocycles. The van der Waals surface area contributed by atoms with Crippen LogP contribution < -0.4 is 11.1 Å². The fourth-order valence-corrected chi connectivity index (χ4v) is 3.25. The Morgan fingerprint density at radius 1 is 1.12 bits per heavy atom. The van der Waals surface area contributed by atoms with Gasteiger partial charge >= 0.3 is 0 Å². The summed E-state index contributed by atoms with van der Waals surface area (Å²) < 4.78 is 0. The van der Waals surface area contributed by atoms with Gasteiger partial charge in [-0.05, 0) is 50.9 Å². The number of likely N-dealkylation sites (tertiary alicyclic amines) is 1. The first-order chi connectivity index (χ1) is 11.6. The van der Waals surface area contributed by atoms with E-state index in [2.05, 4.69) is 52.2 Å². The maximum absolute atomic E-state index is 5.93. The summed E-state index contributed by atoms with van der Waals surface area (Å²) in [6.45, 7) is 8.57. The van der Waals surface area contributed by atoms with Crippen molar-refractivity contribution in [2.75, 3.05) is 37.2 Å². The molecule has 1 aromatic carbocycles.